The van der Waals surface area contributed by atoms with Crippen molar-refractivity contribution < 1.29 is 32.9 Å². The van der Waals surface area contributed by atoms with E-state index in [-0.39, 0.29) is 19.1 Å². The maximum atomic E-state index is 13.0. The molecule has 0 aliphatic carbocycles. The van der Waals surface area contributed by atoms with Crippen molar-refractivity contribution in [1.82, 2.24) is 5.32 Å². The lowest BCUT2D eigenvalue weighted by molar-refractivity contribution is -0.870. The Balaban J connectivity index is 4.06. The lowest BCUT2D eigenvalue weighted by atomic mass is 10.0. The van der Waals surface area contributed by atoms with Crippen molar-refractivity contribution in [2.45, 2.75) is 276 Å². The minimum Gasteiger partial charge on any atom is -0.387 e. The van der Waals surface area contributed by atoms with E-state index in [0.29, 0.717) is 17.4 Å². The Morgan fingerprint density at radius 2 is 0.800 bits per heavy atom. The second-order valence-electron chi connectivity index (χ2n) is 22.1. The minimum atomic E-state index is -4.35. The van der Waals surface area contributed by atoms with E-state index in [1.54, 1.807) is 6.08 Å². The van der Waals surface area contributed by atoms with Gasteiger partial charge in [0.05, 0.1) is 39.9 Å². The molecule has 8 nitrogen and oxygen atoms in total. The number of aliphatic hydroxyl groups is 1. The van der Waals surface area contributed by atoms with Crippen LogP contribution in [0.3, 0.4) is 0 Å². The summed E-state index contributed by atoms with van der Waals surface area (Å²) < 4.78 is 23.7. The smallest absolute Gasteiger partial charge is 0.387 e. The Kier molecular flexibility index (Phi) is 54.2. The highest BCUT2D eigenvalue weighted by atomic mass is 31.2. The number of rotatable bonds is 56. The number of carbonyl (C=O) groups is 1. The minimum absolute atomic E-state index is 0.0591. The highest BCUT2D eigenvalue weighted by Crippen LogP contribution is 2.43. The van der Waals surface area contributed by atoms with Crippen LogP contribution in [0, 0.1) is 0 Å². The average Bonchev–Trinajstić information content (AvgIpc) is 3.37. The molecule has 0 rings (SSSR count). The van der Waals surface area contributed by atoms with Crippen LogP contribution in [0.5, 0.6) is 0 Å². The molecular weight excluding hydrogens is 948 g/mol. The van der Waals surface area contributed by atoms with Gasteiger partial charge in [-0.3, -0.25) is 13.8 Å². The number of allylic oxidation sites excluding steroid dienone is 15. The van der Waals surface area contributed by atoms with Gasteiger partial charge in [-0.25, -0.2) is 4.57 Å². The van der Waals surface area contributed by atoms with E-state index in [1.165, 1.54) is 161 Å². The summed E-state index contributed by atoms with van der Waals surface area (Å²) in [6, 6.07) is -0.851. The lowest BCUT2D eigenvalue weighted by Gasteiger charge is -2.25. The second kappa shape index (κ2) is 56.2. The topological polar surface area (TPSA) is 105 Å². The molecule has 0 fully saturated rings. The average molecular weight is 1070 g/mol. The fourth-order valence-corrected chi connectivity index (χ4v) is 9.47. The number of aliphatic hydroxyl groups excluding tert-OH is 1. The molecule has 1 amide bonds. The zero-order valence-corrected chi connectivity index (χ0v) is 50.4. The first-order valence-electron chi connectivity index (χ1n) is 31.1. The lowest BCUT2D eigenvalue weighted by Crippen LogP contribution is -2.45. The van der Waals surface area contributed by atoms with Crippen molar-refractivity contribution in [3.05, 3.63) is 97.2 Å². The van der Waals surface area contributed by atoms with Gasteiger partial charge in [0.2, 0.25) is 5.91 Å². The quantitative estimate of drug-likeness (QED) is 0.0243. The molecule has 0 aromatic carbocycles. The van der Waals surface area contributed by atoms with Gasteiger partial charge in [0, 0.05) is 6.42 Å². The van der Waals surface area contributed by atoms with Gasteiger partial charge in [-0.1, -0.05) is 278 Å². The van der Waals surface area contributed by atoms with Crippen LogP contribution >= 0.6 is 7.82 Å². The molecule has 0 saturated carbocycles. The summed E-state index contributed by atoms with van der Waals surface area (Å²) in [7, 11) is 1.57. The van der Waals surface area contributed by atoms with Gasteiger partial charge in [-0.15, -0.1) is 0 Å². The van der Waals surface area contributed by atoms with Gasteiger partial charge >= 0.3 is 7.82 Å². The van der Waals surface area contributed by atoms with E-state index in [4.69, 9.17) is 9.05 Å². The molecule has 3 atom stereocenters. The van der Waals surface area contributed by atoms with E-state index < -0.39 is 20.0 Å². The standard InChI is InChI=1S/C66H119N2O6P/c1-6-8-10-12-14-16-18-20-22-24-25-26-27-28-29-30-31-32-33-34-35-36-37-38-39-40-41-42-43-44-46-48-50-52-54-56-58-60-66(70)67-64(63-74-75(71,72)73-62-61-68(3,4)5)65(69)59-57-55-53-51-49-47-45-23-21-19-17-15-13-11-9-7-2/h8,10,14,16,20,22,25-26,28-29,31-32,34-35,57,59,64-65,69H,6-7,9,11-13,15,17-19,21,23-24,27,30,33,36-56,58,60-63H2,1-5H3,(H-,67,70,71,72)/p+1/b10-8-,16-14-,22-20-,26-25-,29-28-,32-31-,35-34-,59-57+. The summed E-state index contributed by atoms with van der Waals surface area (Å²) in [6.45, 7) is 4.71. The van der Waals surface area contributed by atoms with Gasteiger partial charge in [0.15, 0.2) is 0 Å². The SMILES string of the molecule is CC/C=C\C/C=C\C/C=C\C/C=C\C/C=C\C/C=C\C/C=C\CCCCCCCCCCCCCCCCCC(=O)NC(COP(=O)(O)OCC[N+](C)(C)C)C(O)/C=C/CCCCCCCCCCCCCCCC. The molecule has 9 heteroatoms. The number of amides is 1. The van der Waals surface area contributed by atoms with E-state index in [1.807, 2.05) is 27.2 Å². The zero-order chi connectivity index (χ0) is 54.9. The molecule has 75 heavy (non-hydrogen) atoms. The van der Waals surface area contributed by atoms with Crippen molar-refractivity contribution in [2.24, 2.45) is 0 Å². The highest BCUT2D eigenvalue weighted by molar-refractivity contribution is 7.47. The van der Waals surface area contributed by atoms with Crippen LogP contribution in [0.4, 0.5) is 0 Å². The number of nitrogens with one attached hydrogen (secondary N) is 1. The van der Waals surface area contributed by atoms with E-state index in [9.17, 15) is 19.4 Å². The van der Waals surface area contributed by atoms with Crippen LogP contribution in [-0.4, -0.2) is 73.4 Å². The van der Waals surface area contributed by atoms with Crippen molar-refractivity contribution in [3.63, 3.8) is 0 Å². The number of nitrogens with zero attached hydrogens (tertiary/aromatic N) is 1. The largest absolute Gasteiger partial charge is 0.472 e. The van der Waals surface area contributed by atoms with Gasteiger partial charge in [0.1, 0.15) is 13.2 Å². The van der Waals surface area contributed by atoms with Gasteiger partial charge < -0.3 is 19.8 Å². The molecule has 0 bridgehead atoms. The molecule has 0 spiro atoms. The molecule has 0 aliphatic rings. The first-order valence-corrected chi connectivity index (χ1v) is 32.6. The van der Waals surface area contributed by atoms with Crippen LogP contribution < -0.4 is 5.32 Å². The predicted molar refractivity (Wildman–Crippen MR) is 327 cm³/mol. The fourth-order valence-electron chi connectivity index (χ4n) is 8.73. The van der Waals surface area contributed by atoms with Crippen molar-refractivity contribution in [1.29, 1.82) is 0 Å². The Morgan fingerprint density at radius 1 is 0.467 bits per heavy atom. The summed E-state index contributed by atoms with van der Waals surface area (Å²) in [5.74, 6) is -0.178. The molecule has 0 saturated heterocycles. The summed E-state index contributed by atoms with van der Waals surface area (Å²) in [5.41, 5.74) is 0. The maximum absolute atomic E-state index is 13.0. The molecule has 0 aliphatic heterocycles. The molecule has 0 aromatic heterocycles. The van der Waals surface area contributed by atoms with Crippen LogP contribution in [0.2, 0.25) is 0 Å². The van der Waals surface area contributed by atoms with Crippen LogP contribution in [0.15, 0.2) is 97.2 Å². The number of carbonyl (C=O) groups excluding carboxylic acids is 1. The van der Waals surface area contributed by atoms with E-state index in [2.05, 4.69) is 104 Å². The molecule has 434 valence electrons. The number of phosphoric ester groups is 1. The number of quaternary nitrogens is 1. The Labute approximate surface area is 464 Å². The van der Waals surface area contributed by atoms with Crippen LogP contribution in [-0.2, 0) is 18.4 Å². The molecule has 3 unspecified atom stereocenters. The summed E-state index contributed by atoms with van der Waals surface area (Å²) in [5, 5.41) is 13.9. The number of phosphoric acid groups is 1. The van der Waals surface area contributed by atoms with E-state index in [0.717, 1.165) is 83.5 Å². The monoisotopic (exact) mass is 1070 g/mol. The molecule has 0 heterocycles. The Morgan fingerprint density at radius 3 is 1.17 bits per heavy atom. The second-order valence-corrected chi connectivity index (χ2v) is 23.5. The third-order valence-electron chi connectivity index (χ3n) is 13.6. The molecular formula is C66H120N2O6P+. The van der Waals surface area contributed by atoms with Gasteiger partial charge in [-0.05, 0) is 77.0 Å². The molecule has 0 aromatic rings. The number of unbranched alkanes of at least 4 members (excludes halogenated alkanes) is 29. The Hall–Kier alpha value is -2.58. The molecule has 3 N–H and O–H groups in total. The predicted octanol–water partition coefficient (Wildman–Crippen LogP) is 19.4. The number of likely N-dealkylation sites (N-methyl/N-ethyl adjacent to an activating group) is 1. The maximum Gasteiger partial charge on any atom is 0.472 e. The van der Waals surface area contributed by atoms with Gasteiger partial charge in [0.25, 0.3) is 0 Å². The van der Waals surface area contributed by atoms with Crippen LogP contribution in [0.25, 0.3) is 0 Å². The van der Waals surface area contributed by atoms with Crippen molar-refractivity contribution in [3.8, 4) is 0 Å². The van der Waals surface area contributed by atoms with Crippen molar-refractivity contribution in [2.75, 3.05) is 40.9 Å². The molecule has 0 radical (unpaired) electrons. The summed E-state index contributed by atoms with van der Waals surface area (Å²) in [6.07, 6.45) is 80.9. The number of hydrogen-bond donors (Lipinski definition) is 3. The third kappa shape index (κ3) is 58.9. The fraction of sp³-hybridized carbons (Fsp3) is 0.742. The number of hydrogen-bond acceptors (Lipinski definition) is 5. The first-order chi connectivity index (χ1) is 36.5. The summed E-state index contributed by atoms with van der Waals surface area (Å²) in [4.78, 5) is 23.3. The summed E-state index contributed by atoms with van der Waals surface area (Å²) >= 11 is 0. The first kappa shape index (κ1) is 72.4. The zero-order valence-electron chi connectivity index (χ0n) is 49.5. The van der Waals surface area contributed by atoms with Crippen LogP contribution in [0.1, 0.15) is 264 Å². The van der Waals surface area contributed by atoms with E-state index >= 15 is 0 Å². The Bertz CT molecular complexity index is 1540. The normalized spacial score (nSPS) is 14.5. The van der Waals surface area contributed by atoms with Gasteiger partial charge in [-0.2, -0.15) is 0 Å². The van der Waals surface area contributed by atoms with Crippen molar-refractivity contribution >= 4 is 13.7 Å². The third-order valence-corrected chi connectivity index (χ3v) is 14.5. The highest BCUT2D eigenvalue weighted by Gasteiger charge is 2.27.